The monoisotopic (exact) mass is 355 g/mol. The molecule has 0 bridgehead atoms. The van der Waals surface area contributed by atoms with Crippen molar-refractivity contribution in [1.82, 2.24) is 14.8 Å². The molecule has 0 saturated heterocycles. The van der Waals surface area contributed by atoms with Crippen LogP contribution in [0.15, 0.2) is 30.9 Å². The van der Waals surface area contributed by atoms with Gasteiger partial charge in [-0.2, -0.15) is 5.10 Å². The first-order valence-electron chi connectivity index (χ1n) is 7.84. The molecule has 1 aromatic heterocycles. The van der Waals surface area contributed by atoms with Crippen molar-refractivity contribution in [1.29, 1.82) is 0 Å². The number of benzene rings is 1. The van der Waals surface area contributed by atoms with Crippen LogP contribution in [-0.2, 0) is 6.42 Å². The fourth-order valence-electron chi connectivity index (χ4n) is 2.80. The van der Waals surface area contributed by atoms with E-state index in [9.17, 15) is 5.11 Å². The average molecular weight is 356 g/mol. The van der Waals surface area contributed by atoms with Gasteiger partial charge in [-0.3, -0.25) is 0 Å². The predicted molar refractivity (Wildman–Crippen MR) is 93.9 cm³/mol. The quantitative estimate of drug-likeness (QED) is 0.799. The standard InChI is InChI=1S/C17H23Cl2N3O/c1-11(2)17(23)16(22-10-20-9-21-22)7-12(3)6-13-4-5-14(18)8-15(13)19/h4-5,8-12,16-17,23H,6-7H2,1-3H3. The summed E-state index contributed by atoms with van der Waals surface area (Å²) in [6.07, 6.45) is 4.31. The summed E-state index contributed by atoms with van der Waals surface area (Å²) < 4.78 is 1.75. The van der Waals surface area contributed by atoms with E-state index < -0.39 is 6.10 Å². The Morgan fingerprint density at radius 2 is 1.96 bits per heavy atom. The molecule has 0 aliphatic carbocycles. The maximum absolute atomic E-state index is 10.5. The number of hydrogen-bond acceptors (Lipinski definition) is 3. The normalized spacial score (nSPS) is 15.6. The lowest BCUT2D eigenvalue weighted by molar-refractivity contribution is 0.0529. The first-order chi connectivity index (χ1) is 10.9. The van der Waals surface area contributed by atoms with Crippen LogP contribution in [0.2, 0.25) is 10.0 Å². The number of halogens is 2. The van der Waals surface area contributed by atoms with Crippen molar-refractivity contribution in [3.8, 4) is 0 Å². The van der Waals surface area contributed by atoms with Crippen LogP contribution >= 0.6 is 23.2 Å². The maximum atomic E-state index is 10.5. The van der Waals surface area contributed by atoms with Gasteiger partial charge in [0.25, 0.3) is 0 Å². The zero-order valence-corrected chi connectivity index (χ0v) is 15.2. The molecule has 0 fully saturated rings. The Kier molecular flexibility index (Phi) is 6.45. The van der Waals surface area contributed by atoms with E-state index in [0.717, 1.165) is 18.4 Å². The molecular formula is C17H23Cl2N3O. The van der Waals surface area contributed by atoms with Crippen molar-refractivity contribution in [2.24, 2.45) is 11.8 Å². The molecule has 3 atom stereocenters. The number of aromatic nitrogens is 3. The van der Waals surface area contributed by atoms with Gasteiger partial charge in [-0.25, -0.2) is 9.67 Å². The zero-order chi connectivity index (χ0) is 17.0. The Morgan fingerprint density at radius 3 is 2.52 bits per heavy atom. The summed E-state index contributed by atoms with van der Waals surface area (Å²) in [6.45, 7) is 6.17. The van der Waals surface area contributed by atoms with E-state index in [1.165, 1.54) is 6.33 Å². The molecule has 6 heteroatoms. The van der Waals surface area contributed by atoms with Crippen LogP contribution in [0, 0.1) is 11.8 Å². The molecule has 0 saturated carbocycles. The first kappa shape index (κ1) is 18.2. The average Bonchev–Trinajstić information content (AvgIpc) is 3.01. The molecule has 0 spiro atoms. The lowest BCUT2D eigenvalue weighted by atomic mass is 9.89. The van der Waals surface area contributed by atoms with Gasteiger partial charge in [0.05, 0.1) is 12.1 Å². The molecule has 0 amide bonds. The Hall–Kier alpha value is -1.10. The highest BCUT2D eigenvalue weighted by atomic mass is 35.5. The van der Waals surface area contributed by atoms with E-state index in [4.69, 9.17) is 23.2 Å². The van der Waals surface area contributed by atoms with E-state index >= 15 is 0 Å². The highest BCUT2D eigenvalue weighted by molar-refractivity contribution is 6.35. The van der Waals surface area contributed by atoms with Gasteiger partial charge < -0.3 is 5.11 Å². The van der Waals surface area contributed by atoms with Gasteiger partial charge in [0.1, 0.15) is 12.7 Å². The summed E-state index contributed by atoms with van der Waals surface area (Å²) in [5.41, 5.74) is 1.07. The van der Waals surface area contributed by atoms with E-state index in [0.29, 0.717) is 16.0 Å². The Balaban J connectivity index is 2.09. The van der Waals surface area contributed by atoms with Crippen molar-refractivity contribution >= 4 is 23.2 Å². The highest BCUT2D eigenvalue weighted by Crippen LogP contribution is 2.29. The summed E-state index contributed by atoms with van der Waals surface area (Å²) in [7, 11) is 0. The van der Waals surface area contributed by atoms with E-state index in [2.05, 4.69) is 17.0 Å². The first-order valence-corrected chi connectivity index (χ1v) is 8.60. The summed E-state index contributed by atoms with van der Waals surface area (Å²) >= 11 is 12.2. The smallest absolute Gasteiger partial charge is 0.137 e. The number of aliphatic hydroxyl groups is 1. The van der Waals surface area contributed by atoms with Gasteiger partial charge in [0, 0.05) is 10.0 Å². The van der Waals surface area contributed by atoms with Crippen LogP contribution in [0.4, 0.5) is 0 Å². The Morgan fingerprint density at radius 1 is 1.22 bits per heavy atom. The Bertz CT molecular complexity index is 616. The van der Waals surface area contributed by atoms with Crippen molar-refractivity contribution in [2.45, 2.75) is 45.8 Å². The molecule has 4 nitrogen and oxygen atoms in total. The fraction of sp³-hybridized carbons (Fsp3) is 0.529. The van der Waals surface area contributed by atoms with Gasteiger partial charge in [-0.05, 0) is 42.4 Å². The molecule has 3 unspecified atom stereocenters. The molecule has 0 radical (unpaired) electrons. The van der Waals surface area contributed by atoms with Crippen LogP contribution in [-0.4, -0.2) is 26.0 Å². The van der Waals surface area contributed by atoms with Gasteiger partial charge in [0.2, 0.25) is 0 Å². The van der Waals surface area contributed by atoms with E-state index in [-0.39, 0.29) is 12.0 Å². The number of aliphatic hydroxyl groups excluding tert-OH is 1. The molecule has 1 heterocycles. The Labute approximate surface area is 147 Å². The maximum Gasteiger partial charge on any atom is 0.137 e. The molecule has 1 N–H and O–H groups in total. The van der Waals surface area contributed by atoms with Crippen molar-refractivity contribution in [3.63, 3.8) is 0 Å². The van der Waals surface area contributed by atoms with Crippen LogP contribution < -0.4 is 0 Å². The minimum absolute atomic E-state index is 0.0985. The van der Waals surface area contributed by atoms with Crippen LogP contribution in [0.5, 0.6) is 0 Å². The van der Waals surface area contributed by atoms with Crippen molar-refractivity contribution in [2.75, 3.05) is 0 Å². The highest BCUT2D eigenvalue weighted by Gasteiger charge is 2.26. The number of hydrogen-bond donors (Lipinski definition) is 1. The van der Waals surface area contributed by atoms with Crippen molar-refractivity contribution in [3.05, 3.63) is 46.5 Å². The molecule has 0 aliphatic rings. The van der Waals surface area contributed by atoms with E-state index in [1.54, 1.807) is 17.1 Å². The molecule has 1 aromatic carbocycles. The SMILES string of the molecule is CC(Cc1ccc(Cl)cc1Cl)CC(C(O)C(C)C)n1cncn1. The number of rotatable bonds is 7. The van der Waals surface area contributed by atoms with Gasteiger partial charge in [-0.15, -0.1) is 0 Å². The third-order valence-electron chi connectivity index (χ3n) is 4.08. The van der Waals surface area contributed by atoms with Crippen LogP contribution in [0.25, 0.3) is 0 Å². The van der Waals surface area contributed by atoms with Crippen molar-refractivity contribution < 1.29 is 5.11 Å². The molecule has 0 aliphatic heterocycles. The summed E-state index contributed by atoms with van der Waals surface area (Å²) in [4.78, 5) is 4.00. The largest absolute Gasteiger partial charge is 0.391 e. The van der Waals surface area contributed by atoms with Crippen LogP contribution in [0.1, 0.15) is 38.8 Å². The topological polar surface area (TPSA) is 50.9 Å². The van der Waals surface area contributed by atoms with Gasteiger partial charge in [0.15, 0.2) is 0 Å². The summed E-state index contributed by atoms with van der Waals surface area (Å²) in [5, 5.41) is 16.1. The third-order valence-corrected chi connectivity index (χ3v) is 4.67. The van der Waals surface area contributed by atoms with Gasteiger partial charge >= 0.3 is 0 Å². The minimum atomic E-state index is -0.472. The molecular weight excluding hydrogens is 333 g/mol. The minimum Gasteiger partial charge on any atom is -0.391 e. The molecule has 126 valence electrons. The lowest BCUT2D eigenvalue weighted by Gasteiger charge is -2.28. The van der Waals surface area contributed by atoms with E-state index in [1.807, 2.05) is 26.0 Å². The second-order valence-corrected chi connectivity index (χ2v) is 7.30. The molecule has 2 rings (SSSR count). The third kappa shape index (κ3) is 4.93. The van der Waals surface area contributed by atoms with Crippen LogP contribution in [0.3, 0.4) is 0 Å². The summed E-state index contributed by atoms with van der Waals surface area (Å²) in [6, 6.07) is 5.49. The number of nitrogens with zero attached hydrogens (tertiary/aromatic N) is 3. The fourth-order valence-corrected chi connectivity index (χ4v) is 3.28. The second-order valence-electron chi connectivity index (χ2n) is 6.46. The predicted octanol–water partition coefficient (Wildman–Crippen LogP) is 4.41. The summed E-state index contributed by atoms with van der Waals surface area (Å²) in [5.74, 6) is 0.479. The molecule has 23 heavy (non-hydrogen) atoms. The van der Waals surface area contributed by atoms with Gasteiger partial charge in [-0.1, -0.05) is 50.0 Å². The molecule has 2 aromatic rings. The second kappa shape index (κ2) is 8.13. The lowest BCUT2D eigenvalue weighted by Crippen LogP contribution is -2.31. The zero-order valence-electron chi connectivity index (χ0n) is 13.7.